The number of nitrogens with one attached hydrogen (secondary N) is 1. The Morgan fingerprint density at radius 2 is 2.07 bits per heavy atom. The van der Waals surface area contributed by atoms with Gasteiger partial charge in [0, 0.05) is 4.90 Å². The number of amides is 1. The van der Waals surface area contributed by atoms with Gasteiger partial charge in [-0.1, -0.05) is 19.1 Å². The summed E-state index contributed by atoms with van der Waals surface area (Å²) in [6, 6.07) is 8.19. The zero-order chi connectivity index (χ0) is 10.4. The van der Waals surface area contributed by atoms with Crippen LogP contribution in [0.5, 0.6) is 0 Å². The molecule has 0 unspecified atom stereocenters. The molecule has 0 aromatic heterocycles. The van der Waals surface area contributed by atoms with Crippen molar-refractivity contribution in [2.45, 2.75) is 18.2 Å². The Labute approximate surface area is 88.0 Å². The molecular weight excluding hydrogens is 196 g/mol. The minimum atomic E-state index is -0.158. The topological polar surface area (TPSA) is 55.1 Å². The molecule has 0 aliphatic rings. The average molecular weight is 210 g/mol. The fourth-order valence-corrected chi connectivity index (χ4v) is 1.72. The van der Waals surface area contributed by atoms with E-state index in [9.17, 15) is 4.79 Å². The molecule has 1 aromatic carbocycles. The van der Waals surface area contributed by atoms with Crippen molar-refractivity contribution in [2.75, 3.05) is 5.75 Å². The van der Waals surface area contributed by atoms with Crippen LogP contribution in [0.25, 0.3) is 0 Å². The van der Waals surface area contributed by atoms with E-state index >= 15 is 0 Å². The van der Waals surface area contributed by atoms with Crippen LogP contribution in [-0.4, -0.2) is 11.7 Å². The summed E-state index contributed by atoms with van der Waals surface area (Å²) in [7, 11) is 0. The van der Waals surface area contributed by atoms with Crippen LogP contribution in [0.3, 0.4) is 0 Å². The monoisotopic (exact) mass is 210 g/mol. The molecule has 0 aliphatic heterocycles. The van der Waals surface area contributed by atoms with E-state index in [1.54, 1.807) is 0 Å². The van der Waals surface area contributed by atoms with Crippen LogP contribution in [0.4, 0.5) is 0 Å². The van der Waals surface area contributed by atoms with Gasteiger partial charge >= 0.3 is 0 Å². The normalized spacial score (nSPS) is 9.86. The second kappa shape index (κ2) is 5.67. The number of hydrogen-bond acceptors (Lipinski definition) is 3. The zero-order valence-corrected chi connectivity index (χ0v) is 8.93. The molecule has 0 spiro atoms. The Balaban J connectivity index is 2.47. The lowest BCUT2D eigenvalue weighted by atomic mass is 10.2. The molecule has 0 aliphatic carbocycles. The highest BCUT2D eigenvalue weighted by molar-refractivity contribution is 8.00. The Kier molecular flexibility index (Phi) is 4.49. The number of benzene rings is 1. The van der Waals surface area contributed by atoms with Gasteiger partial charge in [0.15, 0.2) is 0 Å². The molecule has 0 bridgehead atoms. The third-order valence-corrected chi connectivity index (χ3v) is 2.87. The highest BCUT2D eigenvalue weighted by Crippen LogP contribution is 2.18. The average Bonchev–Trinajstić information content (AvgIpc) is 2.26. The van der Waals surface area contributed by atoms with Crippen molar-refractivity contribution in [2.24, 2.45) is 5.84 Å². The van der Waals surface area contributed by atoms with E-state index in [1.165, 1.54) is 17.3 Å². The van der Waals surface area contributed by atoms with Crippen molar-refractivity contribution in [1.82, 2.24) is 5.43 Å². The largest absolute Gasteiger partial charge is 0.294 e. The van der Waals surface area contributed by atoms with Gasteiger partial charge in [-0.2, -0.15) is 0 Å². The van der Waals surface area contributed by atoms with Gasteiger partial charge < -0.3 is 0 Å². The Morgan fingerprint density at radius 1 is 1.43 bits per heavy atom. The molecule has 0 fully saturated rings. The van der Waals surface area contributed by atoms with Crippen molar-refractivity contribution >= 4 is 17.7 Å². The number of thioether (sulfide) groups is 1. The molecular formula is C10H14N2OS. The van der Waals surface area contributed by atoms with Crippen LogP contribution >= 0.6 is 11.8 Å². The molecule has 4 heteroatoms. The molecule has 3 nitrogen and oxygen atoms in total. The second-order valence-corrected chi connectivity index (χ2v) is 3.90. The highest BCUT2D eigenvalue weighted by atomic mass is 32.2. The van der Waals surface area contributed by atoms with E-state index in [0.29, 0.717) is 5.75 Å². The van der Waals surface area contributed by atoms with Crippen LogP contribution in [0.2, 0.25) is 0 Å². The SMILES string of the molecule is CCc1ccc(SCC(=O)NN)cc1. The van der Waals surface area contributed by atoms with E-state index in [2.05, 4.69) is 24.5 Å². The van der Waals surface area contributed by atoms with Crippen LogP contribution in [0.1, 0.15) is 12.5 Å². The Hall–Kier alpha value is -1.00. The van der Waals surface area contributed by atoms with Crippen molar-refractivity contribution in [3.63, 3.8) is 0 Å². The standard InChI is InChI=1S/C10H14N2OS/c1-2-8-3-5-9(6-4-8)14-7-10(13)12-11/h3-6H,2,7,11H2,1H3,(H,12,13). The third kappa shape index (κ3) is 3.40. The minimum absolute atomic E-state index is 0.158. The molecule has 1 amide bonds. The van der Waals surface area contributed by atoms with Crippen molar-refractivity contribution < 1.29 is 4.79 Å². The van der Waals surface area contributed by atoms with Crippen LogP contribution in [-0.2, 0) is 11.2 Å². The van der Waals surface area contributed by atoms with E-state index in [1.807, 2.05) is 12.1 Å². The lowest BCUT2D eigenvalue weighted by molar-refractivity contribution is -0.118. The van der Waals surface area contributed by atoms with E-state index in [4.69, 9.17) is 5.84 Å². The van der Waals surface area contributed by atoms with Crippen molar-refractivity contribution in [3.05, 3.63) is 29.8 Å². The number of rotatable bonds is 4. The van der Waals surface area contributed by atoms with E-state index in [0.717, 1.165) is 11.3 Å². The first-order valence-electron chi connectivity index (χ1n) is 4.47. The number of carbonyl (C=O) groups is 1. The predicted molar refractivity (Wildman–Crippen MR) is 58.9 cm³/mol. The second-order valence-electron chi connectivity index (χ2n) is 2.85. The zero-order valence-electron chi connectivity index (χ0n) is 8.12. The lowest BCUT2D eigenvalue weighted by Gasteiger charge is -2.01. The highest BCUT2D eigenvalue weighted by Gasteiger charge is 1.99. The maximum Gasteiger partial charge on any atom is 0.244 e. The third-order valence-electron chi connectivity index (χ3n) is 1.86. The Bertz CT molecular complexity index is 297. The van der Waals surface area contributed by atoms with Crippen molar-refractivity contribution in [3.8, 4) is 0 Å². The first-order chi connectivity index (χ1) is 6.76. The summed E-state index contributed by atoms with van der Waals surface area (Å²) in [5, 5.41) is 0. The molecule has 0 heterocycles. The van der Waals surface area contributed by atoms with E-state index in [-0.39, 0.29) is 5.91 Å². The van der Waals surface area contributed by atoms with Gasteiger partial charge in [0.05, 0.1) is 5.75 Å². The van der Waals surface area contributed by atoms with Gasteiger partial charge in [0.2, 0.25) is 5.91 Å². The molecule has 3 N–H and O–H groups in total. The maximum atomic E-state index is 10.9. The fraction of sp³-hybridized carbons (Fsp3) is 0.300. The molecule has 0 atom stereocenters. The summed E-state index contributed by atoms with van der Waals surface area (Å²) in [5.74, 6) is 5.17. The molecule has 0 saturated carbocycles. The molecule has 1 rings (SSSR count). The van der Waals surface area contributed by atoms with E-state index < -0.39 is 0 Å². The molecule has 14 heavy (non-hydrogen) atoms. The summed E-state index contributed by atoms with van der Waals surface area (Å²) in [6.07, 6.45) is 1.04. The van der Waals surface area contributed by atoms with Crippen LogP contribution < -0.4 is 11.3 Å². The van der Waals surface area contributed by atoms with Crippen LogP contribution in [0, 0.1) is 0 Å². The van der Waals surface area contributed by atoms with Gasteiger partial charge in [-0.25, -0.2) is 5.84 Å². The van der Waals surface area contributed by atoms with Crippen LogP contribution in [0.15, 0.2) is 29.2 Å². The molecule has 1 aromatic rings. The summed E-state index contributed by atoms with van der Waals surface area (Å²) < 4.78 is 0. The minimum Gasteiger partial charge on any atom is -0.294 e. The number of nitrogens with two attached hydrogens (primary N) is 1. The van der Waals surface area contributed by atoms with Gasteiger partial charge in [0.25, 0.3) is 0 Å². The van der Waals surface area contributed by atoms with Gasteiger partial charge in [-0.3, -0.25) is 10.2 Å². The summed E-state index contributed by atoms with van der Waals surface area (Å²) in [4.78, 5) is 11.9. The number of hydrogen-bond donors (Lipinski definition) is 2. The smallest absolute Gasteiger partial charge is 0.244 e. The first kappa shape index (κ1) is 11.1. The lowest BCUT2D eigenvalue weighted by Crippen LogP contribution is -2.31. The molecule has 0 saturated heterocycles. The summed E-state index contributed by atoms with van der Waals surface area (Å²) in [6.45, 7) is 2.12. The fourth-order valence-electron chi connectivity index (χ4n) is 1.01. The maximum absolute atomic E-state index is 10.9. The molecule has 76 valence electrons. The van der Waals surface area contributed by atoms with Gasteiger partial charge in [-0.05, 0) is 24.1 Å². The number of carbonyl (C=O) groups excluding carboxylic acids is 1. The Morgan fingerprint density at radius 3 is 2.57 bits per heavy atom. The van der Waals surface area contributed by atoms with Gasteiger partial charge in [-0.15, -0.1) is 11.8 Å². The molecule has 0 radical (unpaired) electrons. The number of hydrazine groups is 1. The quantitative estimate of drug-likeness (QED) is 0.341. The summed E-state index contributed by atoms with van der Waals surface area (Å²) >= 11 is 1.48. The first-order valence-corrected chi connectivity index (χ1v) is 5.46. The summed E-state index contributed by atoms with van der Waals surface area (Å²) in [5.41, 5.74) is 3.40. The predicted octanol–water partition coefficient (Wildman–Crippen LogP) is 1.33. The van der Waals surface area contributed by atoms with Crippen molar-refractivity contribution in [1.29, 1.82) is 0 Å². The number of aryl methyl sites for hydroxylation is 1. The van der Waals surface area contributed by atoms with Gasteiger partial charge in [0.1, 0.15) is 0 Å².